The first-order chi connectivity index (χ1) is 13.5. The summed E-state index contributed by atoms with van der Waals surface area (Å²) in [6.45, 7) is 1.51. The van der Waals surface area contributed by atoms with E-state index in [2.05, 4.69) is 10.6 Å². The Balaban J connectivity index is 1.69. The molecule has 9 heteroatoms. The van der Waals surface area contributed by atoms with Crippen molar-refractivity contribution in [1.29, 1.82) is 0 Å². The summed E-state index contributed by atoms with van der Waals surface area (Å²) in [4.78, 5) is 12.4. The van der Waals surface area contributed by atoms with Crippen molar-refractivity contribution >= 4 is 21.6 Å². The number of rotatable bonds is 8. The molecule has 0 bridgehead atoms. The number of methoxy groups -OCH3 is 1. The van der Waals surface area contributed by atoms with Crippen LogP contribution in [0, 0.1) is 0 Å². The van der Waals surface area contributed by atoms with Gasteiger partial charge in [0.15, 0.2) is 0 Å². The van der Waals surface area contributed by atoms with Gasteiger partial charge in [0.2, 0.25) is 15.9 Å². The molecule has 1 saturated heterocycles. The monoisotopic (exact) mass is 407 g/mol. The van der Waals surface area contributed by atoms with Gasteiger partial charge in [0.25, 0.3) is 0 Å². The summed E-state index contributed by atoms with van der Waals surface area (Å²) in [6.07, 6.45) is 4.33. The molecule has 3 rings (SSSR count). The largest absolute Gasteiger partial charge is 0.495 e. The number of hydrogen-bond acceptors (Lipinski definition) is 6. The molecule has 2 aromatic rings. The van der Waals surface area contributed by atoms with Gasteiger partial charge in [-0.2, -0.15) is 4.31 Å². The van der Waals surface area contributed by atoms with Crippen LogP contribution in [0.25, 0.3) is 0 Å². The van der Waals surface area contributed by atoms with Gasteiger partial charge < -0.3 is 19.8 Å². The van der Waals surface area contributed by atoms with Crippen LogP contribution < -0.4 is 15.4 Å². The molecule has 0 atom stereocenters. The van der Waals surface area contributed by atoms with E-state index in [4.69, 9.17) is 9.15 Å². The quantitative estimate of drug-likeness (QED) is 0.696. The molecule has 0 aliphatic carbocycles. The van der Waals surface area contributed by atoms with Crippen LogP contribution in [0.3, 0.4) is 0 Å². The molecular formula is C19H25N3O5S. The average Bonchev–Trinajstić information content (AvgIpc) is 3.22. The summed E-state index contributed by atoms with van der Waals surface area (Å²) in [5.41, 5.74) is 0.324. The Morgan fingerprint density at radius 1 is 1.21 bits per heavy atom. The first kappa shape index (κ1) is 20.4. The van der Waals surface area contributed by atoms with Crippen molar-refractivity contribution < 1.29 is 22.4 Å². The minimum absolute atomic E-state index is 0.0486. The van der Waals surface area contributed by atoms with Crippen molar-refractivity contribution in [3.05, 3.63) is 42.4 Å². The number of benzene rings is 1. The van der Waals surface area contributed by atoms with Gasteiger partial charge in [0.05, 0.1) is 37.0 Å². The second kappa shape index (κ2) is 9.22. The molecule has 0 radical (unpaired) electrons. The maximum absolute atomic E-state index is 12.9. The molecule has 2 N–H and O–H groups in total. The lowest BCUT2D eigenvalue weighted by atomic mass is 10.2. The van der Waals surface area contributed by atoms with E-state index < -0.39 is 10.0 Å². The Bertz CT molecular complexity index is 890. The van der Waals surface area contributed by atoms with Gasteiger partial charge in [-0.05, 0) is 43.2 Å². The van der Waals surface area contributed by atoms with Crippen molar-refractivity contribution in [1.82, 2.24) is 9.62 Å². The topological polar surface area (TPSA) is 101 Å². The molecule has 152 valence electrons. The van der Waals surface area contributed by atoms with Crippen LogP contribution in [0.2, 0.25) is 0 Å². The van der Waals surface area contributed by atoms with E-state index in [0.29, 0.717) is 31.1 Å². The van der Waals surface area contributed by atoms with Crippen LogP contribution >= 0.6 is 0 Å². The molecular weight excluding hydrogens is 382 g/mol. The van der Waals surface area contributed by atoms with E-state index in [-0.39, 0.29) is 17.3 Å². The molecule has 2 heterocycles. The lowest BCUT2D eigenvalue weighted by Gasteiger charge is -2.26. The number of amides is 1. The highest BCUT2D eigenvalue weighted by atomic mass is 32.2. The highest BCUT2D eigenvalue weighted by Crippen LogP contribution is 2.29. The minimum atomic E-state index is -3.59. The van der Waals surface area contributed by atoms with Gasteiger partial charge in [-0.15, -0.1) is 0 Å². The van der Waals surface area contributed by atoms with Crippen LogP contribution in [0.4, 0.5) is 5.69 Å². The Hall–Kier alpha value is -2.36. The van der Waals surface area contributed by atoms with Crippen molar-refractivity contribution in [2.45, 2.75) is 30.7 Å². The normalized spacial score (nSPS) is 15.3. The SMILES string of the molecule is COc1ccc(S(=O)(=O)N2CCCCC2)cc1NC(=O)CNCc1ccco1. The maximum Gasteiger partial charge on any atom is 0.243 e. The van der Waals surface area contributed by atoms with E-state index in [1.165, 1.54) is 23.5 Å². The first-order valence-electron chi connectivity index (χ1n) is 9.22. The third-order valence-corrected chi connectivity index (χ3v) is 6.46. The molecule has 28 heavy (non-hydrogen) atoms. The summed E-state index contributed by atoms with van der Waals surface area (Å²) in [5.74, 6) is 0.814. The number of carbonyl (C=O) groups excluding carboxylic acids is 1. The lowest BCUT2D eigenvalue weighted by molar-refractivity contribution is -0.115. The molecule has 0 spiro atoms. The zero-order valence-corrected chi connectivity index (χ0v) is 16.6. The van der Waals surface area contributed by atoms with E-state index in [1.54, 1.807) is 18.4 Å². The van der Waals surface area contributed by atoms with Crippen LogP contribution in [0.1, 0.15) is 25.0 Å². The van der Waals surface area contributed by atoms with Gasteiger partial charge in [-0.3, -0.25) is 4.79 Å². The molecule has 0 unspecified atom stereocenters. The van der Waals surface area contributed by atoms with E-state index >= 15 is 0 Å². The van der Waals surface area contributed by atoms with Crippen LogP contribution in [0.5, 0.6) is 5.75 Å². The molecule has 1 aliphatic rings. The predicted octanol–water partition coefficient (Wildman–Crippen LogP) is 2.19. The van der Waals surface area contributed by atoms with Crippen LogP contribution in [-0.4, -0.2) is 45.4 Å². The number of piperidine rings is 1. The zero-order valence-electron chi connectivity index (χ0n) is 15.8. The fourth-order valence-corrected chi connectivity index (χ4v) is 4.65. The molecule has 1 amide bonds. The minimum Gasteiger partial charge on any atom is -0.495 e. The third-order valence-electron chi connectivity index (χ3n) is 4.56. The molecule has 1 aromatic heterocycles. The molecule has 1 aromatic carbocycles. The van der Waals surface area contributed by atoms with Crippen molar-refractivity contribution in [2.24, 2.45) is 0 Å². The fourth-order valence-electron chi connectivity index (χ4n) is 3.11. The third kappa shape index (κ3) is 4.92. The van der Waals surface area contributed by atoms with Gasteiger partial charge in [-0.25, -0.2) is 8.42 Å². The number of carbonyl (C=O) groups is 1. The Kier molecular flexibility index (Phi) is 6.71. The number of furan rings is 1. The standard InChI is InChI=1S/C19H25N3O5S/c1-26-18-8-7-16(28(24,25)22-9-3-2-4-10-22)12-17(18)21-19(23)14-20-13-15-6-5-11-27-15/h5-8,11-12,20H,2-4,9-10,13-14H2,1H3,(H,21,23). The van der Waals surface area contributed by atoms with Crippen LogP contribution in [0.15, 0.2) is 45.9 Å². The smallest absolute Gasteiger partial charge is 0.243 e. The van der Waals surface area contributed by atoms with Crippen molar-refractivity contribution in [2.75, 3.05) is 32.1 Å². The summed E-state index contributed by atoms with van der Waals surface area (Å²) in [6, 6.07) is 8.10. The molecule has 8 nitrogen and oxygen atoms in total. The first-order valence-corrected chi connectivity index (χ1v) is 10.7. The number of nitrogens with zero attached hydrogens (tertiary/aromatic N) is 1. The molecule has 0 saturated carbocycles. The summed E-state index contributed by atoms with van der Waals surface area (Å²) < 4.78 is 37.7. The highest BCUT2D eigenvalue weighted by Gasteiger charge is 2.26. The van der Waals surface area contributed by atoms with Crippen molar-refractivity contribution in [3.63, 3.8) is 0 Å². The predicted molar refractivity (Wildman–Crippen MR) is 105 cm³/mol. The second-order valence-electron chi connectivity index (χ2n) is 6.56. The molecule has 1 fully saturated rings. The van der Waals surface area contributed by atoms with E-state index in [9.17, 15) is 13.2 Å². The van der Waals surface area contributed by atoms with Crippen molar-refractivity contribution in [3.8, 4) is 5.75 Å². The number of nitrogens with one attached hydrogen (secondary N) is 2. The number of ether oxygens (including phenoxy) is 1. The van der Waals surface area contributed by atoms with Gasteiger partial charge >= 0.3 is 0 Å². The van der Waals surface area contributed by atoms with E-state index in [1.807, 2.05) is 6.07 Å². The number of hydrogen-bond donors (Lipinski definition) is 2. The van der Waals surface area contributed by atoms with Crippen LogP contribution in [-0.2, 0) is 21.4 Å². The molecule has 1 aliphatic heterocycles. The summed E-state index contributed by atoms with van der Waals surface area (Å²) in [5, 5.41) is 5.69. The lowest BCUT2D eigenvalue weighted by Crippen LogP contribution is -2.35. The Labute approximate surface area is 164 Å². The number of anilines is 1. The van der Waals surface area contributed by atoms with Gasteiger partial charge in [-0.1, -0.05) is 6.42 Å². The van der Waals surface area contributed by atoms with E-state index in [0.717, 1.165) is 25.0 Å². The maximum atomic E-state index is 12.9. The second-order valence-corrected chi connectivity index (χ2v) is 8.50. The van der Waals surface area contributed by atoms with Gasteiger partial charge in [0.1, 0.15) is 11.5 Å². The zero-order chi connectivity index (χ0) is 20.0. The summed E-state index contributed by atoms with van der Waals surface area (Å²) >= 11 is 0. The fraction of sp³-hybridized carbons (Fsp3) is 0.421. The average molecular weight is 407 g/mol. The highest BCUT2D eigenvalue weighted by molar-refractivity contribution is 7.89. The number of sulfonamides is 1. The Morgan fingerprint density at radius 2 is 2.00 bits per heavy atom. The Morgan fingerprint density at radius 3 is 2.68 bits per heavy atom. The summed E-state index contributed by atoms with van der Waals surface area (Å²) in [7, 11) is -2.12. The van der Waals surface area contributed by atoms with Gasteiger partial charge in [0, 0.05) is 13.1 Å².